The van der Waals surface area contributed by atoms with Crippen molar-refractivity contribution in [1.82, 2.24) is 20.0 Å². The largest absolute Gasteiger partial charge is 0.362 e. The first kappa shape index (κ1) is 17.4. The van der Waals surface area contributed by atoms with Crippen LogP contribution < -0.4 is 15.5 Å². The Balaban J connectivity index is 2.74. The Kier molecular flexibility index (Phi) is 7.70. The average Bonchev–Trinajstić information content (AvgIpc) is 2.48. The molecule has 0 aliphatic heterocycles. The van der Waals surface area contributed by atoms with Crippen LogP contribution in [0.1, 0.15) is 40.5 Å². The van der Waals surface area contributed by atoms with Crippen molar-refractivity contribution in [1.29, 1.82) is 0 Å². The molecule has 1 aromatic rings. The molecule has 0 unspecified atom stereocenters. The lowest BCUT2D eigenvalue weighted by Gasteiger charge is -2.17. The van der Waals surface area contributed by atoms with E-state index in [9.17, 15) is 0 Å². The van der Waals surface area contributed by atoms with Crippen molar-refractivity contribution in [3.05, 3.63) is 0 Å². The molecule has 0 atom stereocenters. The van der Waals surface area contributed by atoms with E-state index in [1.54, 1.807) is 12.1 Å². The molecule has 0 radical (unpaired) electrons. The lowest BCUT2D eigenvalue weighted by molar-refractivity contribution is -0.372. The molecular weight excluding hydrogens is 272 g/mol. The molecule has 0 aromatic carbocycles. The van der Waals surface area contributed by atoms with Crippen LogP contribution in [0.4, 0.5) is 11.9 Å². The van der Waals surface area contributed by atoms with Crippen molar-refractivity contribution in [2.75, 3.05) is 30.8 Å². The molecule has 0 saturated heterocycles. The third-order valence-corrected chi connectivity index (χ3v) is 2.64. The van der Waals surface area contributed by atoms with Crippen molar-refractivity contribution in [2.45, 2.75) is 46.6 Å². The first-order valence-electron chi connectivity index (χ1n) is 7.38. The SMILES string of the molecule is CCCNc1nc(NCCC)nc(OON(C)C(C)C)n1. The Labute approximate surface area is 126 Å². The summed E-state index contributed by atoms with van der Waals surface area (Å²) in [5.41, 5.74) is 0. The van der Waals surface area contributed by atoms with Gasteiger partial charge < -0.3 is 10.6 Å². The predicted molar refractivity (Wildman–Crippen MR) is 82.0 cm³/mol. The average molecular weight is 298 g/mol. The van der Waals surface area contributed by atoms with Crippen LogP contribution in [0.25, 0.3) is 0 Å². The number of anilines is 2. The predicted octanol–water partition coefficient (Wildman–Crippen LogP) is 2.08. The highest BCUT2D eigenvalue weighted by Crippen LogP contribution is 2.12. The number of hydrogen-bond donors (Lipinski definition) is 2. The number of nitrogens with one attached hydrogen (secondary N) is 2. The molecule has 2 N–H and O–H groups in total. The highest BCUT2D eigenvalue weighted by molar-refractivity contribution is 5.35. The van der Waals surface area contributed by atoms with Crippen LogP contribution in [0, 0.1) is 0 Å². The third-order valence-electron chi connectivity index (χ3n) is 2.64. The lowest BCUT2D eigenvalue weighted by Crippen LogP contribution is -2.28. The maximum atomic E-state index is 5.15. The number of aromatic nitrogens is 3. The summed E-state index contributed by atoms with van der Waals surface area (Å²) >= 11 is 0. The van der Waals surface area contributed by atoms with E-state index in [0.717, 1.165) is 25.9 Å². The molecule has 1 aromatic heterocycles. The van der Waals surface area contributed by atoms with E-state index in [1.807, 2.05) is 13.8 Å². The van der Waals surface area contributed by atoms with E-state index >= 15 is 0 Å². The molecule has 0 aliphatic carbocycles. The van der Waals surface area contributed by atoms with Gasteiger partial charge in [-0.3, -0.25) is 4.89 Å². The van der Waals surface area contributed by atoms with E-state index in [0.29, 0.717) is 11.9 Å². The highest BCUT2D eigenvalue weighted by Gasteiger charge is 2.11. The van der Waals surface area contributed by atoms with Gasteiger partial charge in [0.1, 0.15) is 0 Å². The van der Waals surface area contributed by atoms with Crippen molar-refractivity contribution >= 4 is 11.9 Å². The summed E-state index contributed by atoms with van der Waals surface area (Å²) in [6.07, 6.45) is 1.96. The smallest absolute Gasteiger partial charge is 0.354 e. The van der Waals surface area contributed by atoms with Crippen LogP contribution in [0.3, 0.4) is 0 Å². The second-order valence-corrected chi connectivity index (χ2v) is 4.92. The summed E-state index contributed by atoms with van der Waals surface area (Å²) in [7, 11) is 1.78. The Morgan fingerprint density at radius 1 is 1.00 bits per heavy atom. The van der Waals surface area contributed by atoms with Crippen molar-refractivity contribution in [3.63, 3.8) is 0 Å². The fourth-order valence-corrected chi connectivity index (χ4v) is 1.20. The molecule has 0 amide bonds. The van der Waals surface area contributed by atoms with Gasteiger partial charge in [-0.05, 0) is 26.7 Å². The molecule has 21 heavy (non-hydrogen) atoms. The molecule has 0 fully saturated rings. The van der Waals surface area contributed by atoms with Crippen molar-refractivity contribution < 1.29 is 9.88 Å². The van der Waals surface area contributed by atoms with Crippen LogP contribution >= 0.6 is 0 Å². The summed E-state index contributed by atoms with van der Waals surface area (Å²) in [6, 6.07) is 0.303. The zero-order valence-electron chi connectivity index (χ0n) is 13.5. The molecule has 0 aliphatic rings. The van der Waals surface area contributed by atoms with Crippen LogP contribution in [-0.2, 0) is 4.99 Å². The maximum Gasteiger partial charge on any atom is 0.362 e. The van der Waals surface area contributed by atoms with E-state index in [2.05, 4.69) is 39.4 Å². The number of hydrogen-bond acceptors (Lipinski definition) is 8. The van der Waals surface area contributed by atoms with Gasteiger partial charge in [0.15, 0.2) is 0 Å². The number of rotatable bonds is 10. The number of hydroxylamine groups is 2. The van der Waals surface area contributed by atoms with Gasteiger partial charge in [-0.1, -0.05) is 18.8 Å². The first-order valence-corrected chi connectivity index (χ1v) is 7.38. The summed E-state index contributed by atoms with van der Waals surface area (Å²) in [4.78, 5) is 22.9. The van der Waals surface area contributed by atoms with E-state index in [4.69, 9.17) is 9.88 Å². The second kappa shape index (κ2) is 9.30. The molecule has 120 valence electrons. The van der Waals surface area contributed by atoms with Crippen LogP contribution in [0.2, 0.25) is 0 Å². The van der Waals surface area contributed by atoms with Gasteiger partial charge in [-0.15, -0.1) is 5.06 Å². The zero-order valence-corrected chi connectivity index (χ0v) is 13.5. The van der Waals surface area contributed by atoms with Crippen LogP contribution in [-0.4, -0.2) is 46.2 Å². The van der Waals surface area contributed by atoms with Gasteiger partial charge in [-0.25, -0.2) is 0 Å². The van der Waals surface area contributed by atoms with Gasteiger partial charge in [-0.2, -0.15) is 15.0 Å². The minimum absolute atomic E-state index is 0.120. The standard InChI is InChI=1S/C13H26N6O2/c1-6-8-14-11-16-12(15-9-7-2)18-13(17-11)20-21-19(5)10(3)4/h10H,6-9H2,1-5H3,(H2,14,15,16,17,18). The van der Waals surface area contributed by atoms with E-state index in [1.165, 1.54) is 0 Å². The molecule has 1 heterocycles. The zero-order chi connectivity index (χ0) is 15.7. The second-order valence-electron chi connectivity index (χ2n) is 4.92. The van der Waals surface area contributed by atoms with Gasteiger partial charge in [0.25, 0.3) is 0 Å². The van der Waals surface area contributed by atoms with Gasteiger partial charge in [0.2, 0.25) is 11.9 Å². The Morgan fingerprint density at radius 3 is 1.95 bits per heavy atom. The van der Waals surface area contributed by atoms with E-state index < -0.39 is 0 Å². The monoisotopic (exact) mass is 298 g/mol. The van der Waals surface area contributed by atoms with E-state index in [-0.39, 0.29) is 12.1 Å². The minimum Gasteiger partial charge on any atom is -0.354 e. The Hall–Kier alpha value is -1.67. The maximum absolute atomic E-state index is 5.15. The molecular formula is C13H26N6O2. The molecule has 8 heteroatoms. The third kappa shape index (κ3) is 6.54. The first-order chi connectivity index (χ1) is 10.1. The van der Waals surface area contributed by atoms with Crippen LogP contribution in [0.15, 0.2) is 0 Å². The Bertz CT molecular complexity index is 389. The van der Waals surface area contributed by atoms with Crippen LogP contribution in [0.5, 0.6) is 6.01 Å². The highest BCUT2D eigenvalue weighted by atomic mass is 17.3. The summed E-state index contributed by atoms with van der Waals surface area (Å²) in [5, 5.41) is 7.79. The molecule has 8 nitrogen and oxygen atoms in total. The summed E-state index contributed by atoms with van der Waals surface area (Å²) in [5.74, 6) is 0.938. The fraction of sp³-hybridized carbons (Fsp3) is 0.769. The number of nitrogens with zero attached hydrogens (tertiary/aromatic N) is 4. The van der Waals surface area contributed by atoms with Gasteiger partial charge >= 0.3 is 6.01 Å². The van der Waals surface area contributed by atoms with Gasteiger partial charge in [0, 0.05) is 26.2 Å². The lowest BCUT2D eigenvalue weighted by atomic mass is 10.4. The fourth-order valence-electron chi connectivity index (χ4n) is 1.20. The summed E-state index contributed by atoms with van der Waals surface area (Å²) < 4.78 is 0. The Morgan fingerprint density at radius 2 is 1.52 bits per heavy atom. The minimum atomic E-state index is 0.120. The normalized spacial score (nSPS) is 11.0. The topological polar surface area (TPSA) is 84.4 Å². The molecule has 0 saturated carbocycles. The molecule has 0 spiro atoms. The quantitative estimate of drug-likeness (QED) is 0.502. The van der Waals surface area contributed by atoms with Crippen molar-refractivity contribution in [3.8, 4) is 6.01 Å². The molecule has 1 rings (SSSR count). The molecule has 0 bridgehead atoms. The van der Waals surface area contributed by atoms with Gasteiger partial charge in [0.05, 0.1) is 0 Å². The van der Waals surface area contributed by atoms with Crippen molar-refractivity contribution in [2.24, 2.45) is 0 Å². The summed E-state index contributed by atoms with van der Waals surface area (Å²) in [6.45, 7) is 9.68.